The Hall–Kier alpha value is -6.29. The molecule has 2 aliphatic rings. The second-order valence-electron chi connectivity index (χ2n) is 13.8. The van der Waals surface area contributed by atoms with Gasteiger partial charge in [0.15, 0.2) is 0 Å². The molecule has 4 aromatic carbocycles. The normalized spacial score (nSPS) is 15.6. The third-order valence-corrected chi connectivity index (χ3v) is 10.5. The van der Waals surface area contributed by atoms with Gasteiger partial charge in [-0.3, -0.25) is 24.6 Å². The van der Waals surface area contributed by atoms with Crippen LogP contribution in [-0.2, 0) is 31.2 Å². The highest BCUT2D eigenvalue weighted by Crippen LogP contribution is 2.39. The number of morpholine rings is 1. The van der Waals surface area contributed by atoms with E-state index in [-0.39, 0.29) is 35.4 Å². The van der Waals surface area contributed by atoms with E-state index in [9.17, 15) is 25.3 Å². The van der Waals surface area contributed by atoms with Crippen molar-refractivity contribution in [3.8, 4) is 23.1 Å². The van der Waals surface area contributed by atoms with E-state index in [1.165, 1.54) is 35.9 Å². The van der Waals surface area contributed by atoms with Crippen molar-refractivity contribution < 1.29 is 24.4 Å². The molecule has 12 heteroatoms. The summed E-state index contributed by atoms with van der Waals surface area (Å²) in [6.07, 6.45) is 0.786. The molecule has 54 heavy (non-hydrogen) atoms. The number of rotatable bonds is 9. The lowest BCUT2D eigenvalue weighted by atomic mass is 9.90. The van der Waals surface area contributed by atoms with Crippen molar-refractivity contribution in [2.45, 2.75) is 32.4 Å². The molecule has 1 fully saturated rings. The van der Waals surface area contributed by atoms with Gasteiger partial charge in [-0.05, 0) is 72.0 Å². The van der Waals surface area contributed by atoms with Crippen LogP contribution in [0, 0.1) is 28.4 Å². The second kappa shape index (κ2) is 15.4. The smallest absolute Gasteiger partial charge is 0.270 e. The van der Waals surface area contributed by atoms with Gasteiger partial charge in [0.25, 0.3) is 17.5 Å². The Balaban J connectivity index is 1.39. The van der Waals surface area contributed by atoms with Gasteiger partial charge in [-0.2, -0.15) is 5.26 Å². The first-order chi connectivity index (χ1) is 26.1. The predicted octanol–water partition coefficient (Wildman–Crippen LogP) is 6.23. The molecule has 0 radical (unpaired) electrons. The van der Waals surface area contributed by atoms with Crippen LogP contribution in [0.3, 0.4) is 0 Å². The Labute approximate surface area is 313 Å². The minimum absolute atomic E-state index is 0.0484. The molecule has 1 saturated heterocycles. The van der Waals surface area contributed by atoms with Crippen LogP contribution in [0.2, 0.25) is 0 Å². The maximum absolute atomic E-state index is 15.1. The van der Waals surface area contributed by atoms with Gasteiger partial charge in [-0.25, -0.2) is 0 Å². The molecule has 0 saturated carbocycles. The number of fused-ring (bicyclic) bond motifs is 1. The van der Waals surface area contributed by atoms with Gasteiger partial charge in [0.1, 0.15) is 5.75 Å². The largest absolute Gasteiger partial charge is 0.508 e. The minimum atomic E-state index is -0.491. The number of aromatic nitrogens is 1. The predicted molar refractivity (Wildman–Crippen MR) is 203 cm³/mol. The van der Waals surface area contributed by atoms with Crippen molar-refractivity contribution in [2.24, 2.45) is 7.05 Å². The Bertz CT molecular complexity index is 2290. The first-order valence-electron chi connectivity index (χ1n) is 17.9. The number of nitrogens with one attached hydrogen (secondary N) is 1. The fraction of sp³-hybridized carbons (Fsp3) is 0.262. The van der Waals surface area contributed by atoms with E-state index in [0.29, 0.717) is 77.6 Å². The van der Waals surface area contributed by atoms with Crippen molar-refractivity contribution >= 4 is 23.2 Å². The zero-order valence-corrected chi connectivity index (χ0v) is 30.1. The number of nitrogens with zero attached hydrogens (tertiary/aromatic N) is 5. The summed E-state index contributed by atoms with van der Waals surface area (Å²) in [4.78, 5) is 45.3. The minimum Gasteiger partial charge on any atom is -0.508 e. The number of hydrogen-bond donors (Lipinski definition) is 2. The fourth-order valence-corrected chi connectivity index (χ4v) is 7.66. The highest BCUT2D eigenvalue weighted by atomic mass is 16.6. The van der Waals surface area contributed by atoms with Crippen molar-refractivity contribution in [1.29, 1.82) is 5.26 Å². The molecule has 0 aliphatic carbocycles. The monoisotopic (exact) mass is 724 g/mol. The SMILES string of the molecule is Cc1c(C(=O)Nc2ccc(O)cc2)c(Cc2ccccc2C#N)c(-c2cc([N+](=O)[O-])ccc2C(=O)N2Cc3ccccc3C[C@H]2CN2CCOCC2)n1C. The van der Waals surface area contributed by atoms with Crippen molar-refractivity contribution in [1.82, 2.24) is 14.4 Å². The molecule has 274 valence electrons. The van der Waals surface area contributed by atoms with Gasteiger partial charge in [-0.15, -0.1) is 0 Å². The molecule has 5 aromatic rings. The van der Waals surface area contributed by atoms with Crippen LogP contribution in [0.5, 0.6) is 5.75 Å². The van der Waals surface area contributed by atoms with E-state index < -0.39 is 10.8 Å². The maximum Gasteiger partial charge on any atom is 0.270 e. The van der Waals surface area contributed by atoms with Crippen molar-refractivity contribution in [2.75, 3.05) is 38.2 Å². The zero-order chi connectivity index (χ0) is 37.9. The summed E-state index contributed by atoms with van der Waals surface area (Å²) in [5.74, 6) is -0.668. The number of nitro benzene ring substituents is 1. The number of hydrogen-bond acceptors (Lipinski definition) is 8. The summed E-state index contributed by atoms with van der Waals surface area (Å²) in [7, 11) is 1.77. The Morgan fingerprint density at radius 1 is 1.00 bits per heavy atom. The van der Waals surface area contributed by atoms with Crippen LogP contribution in [0.25, 0.3) is 11.3 Å². The molecule has 12 nitrogen and oxygen atoms in total. The van der Waals surface area contributed by atoms with Gasteiger partial charge < -0.3 is 24.6 Å². The number of benzene rings is 4. The maximum atomic E-state index is 15.1. The molecule has 0 unspecified atom stereocenters. The number of non-ortho nitro benzene ring substituents is 1. The summed E-state index contributed by atoms with van der Waals surface area (Å²) in [5.41, 5.74) is 6.00. The highest BCUT2D eigenvalue weighted by molar-refractivity contribution is 6.09. The first kappa shape index (κ1) is 36.1. The van der Waals surface area contributed by atoms with Crippen LogP contribution in [0.4, 0.5) is 11.4 Å². The summed E-state index contributed by atoms with van der Waals surface area (Å²) in [6, 6.07) is 27.6. The molecule has 1 aromatic heterocycles. The molecular weight excluding hydrogens is 684 g/mol. The van der Waals surface area contributed by atoms with Crippen LogP contribution in [0.15, 0.2) is 91.0 Å². The number of aromatic hydroxyl groups is 1. The van der Waals surface area contributed by atoms with Crippen LogP contribution in [0.1, 0.15) is 54.2 Å². The number of phenols is 1. The first-order valence-corrected chi connectivity index (χ1v) is 17.9. The zero-order valence-electron chi connectivity index (χ0n) is 30.1. The number of nitro groups is 1. The van der Waals surface area contributed by atoms with E-state index in [2.05, 4.69) is 22.4 Å². The fourth-order valence-electron chi connectivity index (χ4n) is 7.66. The molecule has 3 heterocycles. The lowest BCUT2D eigenvalue weighted by molar-refractivity contribution is -0.384. The summed E-state index contributed by atoms with van der Waals surface area (Å²) < 4.78 is 7.39. The third kappa shape index (κ3) is 7.19. The third-order valence-electron chi connectivity index (χ3n) is 10.5. The van der Waals surface area contributed by atoms with Crippen LogP contribution < -0.4 is 5.32 Å². The average molecular weight is 725 g/mol. The summed E-state index contributed by atoms with van der Waals surface area (Å²) in [5, 5.41) is 35.1. The molecule has 0 bridgehead atoms. The molecule has 2 N–H and O–H groups in total. The quantitative estimate of drug-likeness (QED) is 0.103. The van der Waals surface area contributed by atoms with Gasteiger partial charge in [0.2, 0.25) is 0 Å². The molecular formula is C42H40N6O6. The molecule has 1 atom stereocenters. The molecule has 7 rings (SSSR count). The Morgan fingerprint density at radius 2 is 1.70 bits per heavy atom. The second-order valence-corrected chi connectivity index (χ2v) is 13.8. The van der Waals surface area contributed by atoms with Gasteiger partial charge in [0.05, 0.1) is 41.0 Å². The van der Waals surface area contributed by atoms with Crippen molar-refractivity contribution in [3.05, 3.63) is 146 Å². The summed E-state index contributed by atoms with van der Waals surface area (Å²) in [6.45, 7) is 5.56. The number of carbonyl (C=O) groups excluding carboxylic acids is 2. The average Bonchev–Trinajstić information content (AvgIpc) is 3.43. The van der Waals surface area contributed by atoms with E-state index in [1.54, 1.807) is 42.8 Å². The van der Waals surface area contributed by atoms with E-state index in [4.69, 9.17) is 4.74 Å². The lowest BCUT2D eigenvalue weighted by Gasteiger charge is -2.40. The Kier molecular flexibility index (Phi) is 10.3. The van der Waals surface area contributed by atoms with Gasteiger partial charge in [0, 0.05) is 80.3 Å². The molecule has 0 spiro atoms. The van der Waals surface area contributed by atoms with Crippen LogP contribution >= 0.6 is 0 Å². The molecule has 2 amide bonds. The number of nitriles is 1. The lowest BCUT2D eigenvalue weighted by Crippen LogP contribution is -2.52. The van der Waals surface area contributed by atoms with Crippen LogP contribution in [-0.4, -0.2) is 75.1 Å². The number of carbonyl (C=O) groups is 2. The molecule has 2 aliphatic heterocycles. The van der Waals surface area contributed by atoms with Gasteiger partial charge in [-0.1, -0.05) is 42.5 Å². The number of amides is 2. The highest BCUT2D eigenvalue weighted by Gasteiger charge is 2.35. The van der Waals surface area contributed by atoms with Crippen molar-refractivity contribution in [3.63, 3.8) is 0 Å². The number of anilines is 1. The topological polar surface area (TPSA) is 154 Å². The number of phenolic OH excluding ortho intramolecular Hbond substituents is 1. The van der Waals surface area contributed by atoms with E-state index in [1.807, 2.05) is 35.2 Å². The van der Waals surface area contributed by atoms with Gasteiger partial charge >= 0.3 is 0 Å². The number of ether oxygens (including phenoxy) is 1. The van der Waals surface area contributed by atoms with E-state index >= 15 is 4.79 Å². The summed E-state index contributed by atoms with van der Waals surface area (Å²) >= 11 is 0. The Morgan fingerprint density at radius 3 is 2.43 bits per heavy atom. The standard InChI is InChI=1S/C42H40N6O6/c1-27-39(41(50)44-32-11-14-35(49)15-12-32)38(22-29-8-3-5-9-30(29)24-43)40(45(27)2)37-23-33(48(52)53)13-16-36(37)42(51)47-25-31-10-6-4-7-28(31)21-34(47)26-46-17-19-54-20-18-46/h3-16,23,34,49H,17-22,25-26H2,1-2H3,(H,44,50)/t34-/m0/s1. The van der Waals surface area contributed by atoms with E-state index in [0.717, 1.165) is 18.7 Å².